The molecule has 0 saturated heterocycles. The molecule has 0 bridgehead atoms. The lowest BCUT2D eigenvalue weighted by atomic mass is 10.2. The molecule has 0 saturated carbocycles. The quantitative estimate of drug-likeness (QED) is 0.570. The van der Waals surface area contributed by atoms with Gasteiger partial charge in [-0.25, -0.2) is 0 Å². The molecule has 19 heavy (non-hydrogen) atoms. The molecule has 0 aliphatic rings. The van der Waals surface area contributed by atoms with Gasteiger partial charge < -0.3 is 9.88 Å². The van der Waals surface area contributed by atoms with E-state index in [4.69, 9.17) is 0 Å². The summed E-state index contributed by atoms with van der Waals surface area (Å²) in [5.74, 6) is 1.21. The van der Waals surface area contributed by atoms with Crippen molar-refractivity contribution in [3.05, 3.63) is 30.5 Å². The number of unbranched alkanes of at least 4 members (excludes halogenated alkanes) is 1. The van der Waals surface area contributed by atoms with E-state index in [1.165, 1.54) is 54.0 Å². The van der Waals surface area contributed by atoms with Crippen molar-refractivity contribution < 1.29 is 0 Å². The van der Waals surface area contributed by atoms with E-state index in [1.807, 2.05) is 11.8 Å². The monoisotopic (exact) mass is 276 g/mol. The summed E-state index contributed by atoms with van der Waals surface area (Å²) in [5.41, 5.74) is 1.24. The molecular formula is C16H24N2S. The first-order valence-electron chi connectivity index (χ1n) is 7.26. The highest BCUT2D eigenvalue weighted by Gasteiger charge is 2.03. The molecule has 1 N–H and O–H groups in total. The third kappa shape index (κ3) is 4.02. The lowest BCUT2D eigenvalue weighted by Gasteiger charge is -2.17. The molecule has 0 aliphatic carbocycles. The van der Waals surface area contributed by atoms with Crippen molar-refractivity contribution in [2.75, 3.05) is 25.4 Å². The van der Waals surface area contributed by atoms with Crippen molar-refractivity contribution in [1.29, 1.82) is 0 Å². The van der Waals surface area contributed by atoms with Crippen molar-refractivity contribution in [2.45, 2.75) is 31.6 Å². The minimum Gasteiger partial charge on any atom is -0.360 e. The number of rotatable bonds is 8. The molecule has 2 aromatic rings. The molecular weight excluding hydrogens is 252 g/mol. The highest BCUT2D eigenvalue weighted by atomic mass is 32.2. The van der Waals surface area contributed by atoms with Crippen LogP contribution in [0.15, 0.2) is 35.4 Å². The zero-order valence-corrected chi connectivity index (χ0v) is 12.8. The second-order valence-electron chi connectivity index (χ2n) is 4.78. The van der Waals surface area contributed by atoms with Crippen LogP contribution < -0.4 is 0 Å². The van der Waals surface area contributed by atoms with Gasteiger partial charge in [0.2, 0.25) is 0 Å². The fourth-order valence-electron chi connectivity index (χ4n) is 2.32. The lowest BCUT2D eigenvalue weighted by molar-refractivity contribution is 0.299. The van der Waals surface area contributed by atoms with E-state index < -0.39 is 0 Å². The number of fused-ring (bicyclic) bond motifs is 1. The van der Waals surface area contributed by atoms with Crippen molar-refractivity contribution in [1.82, 2.24) is 9.88 Å². The molecule has 1 aromatic heterocycles. The number of aromatic amines is 1. The summed E-state index contributed by atoms with van der Waals surface area (Å²) in [7, 11) is 0. The van der Waals surface area contributed by atoms with Gasteiger partial charge >= 0.3 is 0 Å². The van der Waals surface area contributed by atoms with Gasteiger partial charge in [-0.2, -0.15) is 0 Å². The van der Waals surface area contributed by atoms with Gasteiger partial charge in [0.05, 0.1) is 0 Å². The summed E-state index contributed by atoms with van der Waals surface area (Å²) >= 11 is 1.97. The van der Waals surface area contributed by atoms with E-state index in [2.05, 4.69) is 54.2 Å². The van der Waals surface area contributed by atoms with E-state index in [1.54, 1.807) is 0 Å². The van der Waals surface area contributed by atoms with Crippen LogP contribution in [0.3, 0.4) is 0 Å². The molecule has 1 aromatic carbocycles. The first kappa shape index (κ1) is 14.5. The van der Waals surface area contributed by atoms with Crippen LogP contribution in [0.2, 0.25) is 0 Å². The van der Waals surface area contributed by atoms with E-state index >= 15 is 0 Å². The van der Waals surface area contributed by atoms with Gasteiger partial charge in [0.15, 0.2) is 0 Å². The normalized spacial score (nSPS) is 11.5. The molecule has 0 aliphatic heterocycles. The van der Waals surface area contributed by atoms with Gasteiger partial charge in [-0.15, -0.1) is 11.8 Å². The third-order valence-corrected chi connectivity index (χ3v) is 4.71. The Hall–Kier alpha value is -0.930. The number of aromatic nitrogens is 1. The molecule has 2 rings (SSSR count). The largest absolute Gasteiger partial charge is 0.360 e. The first-order chi connectivity index (χ1) is 9.35. The smallest absolute Gasteiger partial charge is 0.0465 e. The maximum absolute atomic E-state index is 3.34. The Morgan fingerprint density at radius 1 is 1.11 bits per heavy atom. The van der Waals surface area contributed by atoms with Gasteiger partial charge in [-0.3, -0.25) is 0 Å². The Labute approximate surface area is 120 Å². The Morgan fingerprint density at radius 3 is 2.68 bits per heavy atom. The van der Waals surface area contributed by atoms with E-state index in [-0.39, 0.29) is 0 Å². The molecule has 0 amide bonds. The standard InChI is InChI=1S/C16H24N2S/c1-3-18(4-2)11-7-8-12-19-16-13-17-15-10-6-5-9-14(15)16/h5-6,9-10,13,17H,3-4,7-8,11-12H2,1-2H3. The fraction of sp³-hybridized carbons (Fsp3) is 0.500. The number of thioether (sulfide) groups is 1. The van der Waals surface area contributed by atoms with Crippen LogP contribution in [0.1, 0.15) is 26.7 Å². The number of hydrogen-bond donors (Lipinski definition) is 1. The minimum absolute atomic E-state index is 1.17. The summed E-state index contributed by atoms with van der Waals surface area (Å²) < 4.78 is 0. The van der Waals surface area contributed by atoms with Crippen molar-refractivity contribution in [3.63, 3.8) is 0 Å². The molecule has 2 nitrogen and oxygen atoms in total. The van der Waals surface area contributed by atoms with Gasteiger partial charge in [-0.05, 0) is 44.3 Å². The number of hydrogen-bond acceptors (Lipinski definition) is 2. The number of nitrogens with zero attached hydrogens (tertiary/aromatic N) is 1. The van der Waals surface area contributed by atoms with E-state index in [0.717, 1.165) is 0 Å². The number of benzene rings is 1. The number of H-pyrrole nitrogens is 1. The summed E-state index contributed by atoms with van der Waals surface area (Å²) in [5, 5.41) is 1.36. The van der Waals surface area contributed by atoms with Crippen LogP contribution in [-0.2, 0) is 0 Å². The Balaban J connectivity index is 1.74. The lowest BCUT2D eigenvalue weighted by Crippen LogP contribution is -2.23. The predicted octanol–water partition coefficient (Wildman–Crippen LogP) is 4.38. The Morgan fingerprint density at radius 2 is 1.89 bits per heavy atom. The summed E-state index contributed by atoms with van der Waals surface area (Å²) in [6.07, 6.45) is 4.73. The molecule has 1 heterocycles. The van der Waals surface area contributed by atoms with Gasteiger partial charge in [-0.1, -0.05) is 32.0 Å². The van der Waals surface area contributed by atoms with Gasteiger partial charge in [0, 0.05) is 22.0 Å². The van der Waals surface area contributed by atoms with E-state index in [0.29, 0.717) is 0 Å². The molecule has 0 spiro atoms. The summed E-state index contributed by atoms with van der Waals surface area (Å²) in [6, 6.07) is 8.53. The van der Waals surface area contributed by atoms with Crippen LogP contribution in [0.4, 0.5) is 0 Å². The molecule has 104 valence electrons. The van der Waals surface area contributed by atoms with Gasteiger partial charge in [0.25, 0.3) is 0 Å². The number of para-hydroxylation sites is 1. The van der Waals surface area contributed by atoms with E-state index in [9.17, 15) is 0 Å². The molecule has 0 fully saturated rings. The van der Waals surface area contributed by atoms with Crippen molar-refractivity contribution in [2.24, 2.45) is 0 Å². The number of nitrogens with one attached hydrogen (secondary N) is 1. The summed E-state index contributed by atoms with van der Waals surface area (Å²) in [6.45, 7) is 8.06. The van der Waals surface area contributed by atoms with Crippen LogP contribution >= 0.6 is 11.8 Å². The average Bonchev–Trinajstić information content (AvgIpc) is 2.86. The molecule has 0 unspecified atom stereocenters. The maximum Gasteiger partial charge on any atom is 0.0465 e. The van der Waals surface area contributed by atoms with Crippen LogP contribution in [0.25, 0.3) is 10.9 Å². The first-order valence-corrected chi connectivity index (χ1v) is 8.25. The van der Waals surface area contributed by atoms with Crippen LogP contribution in [-0.4, -0.2) is 35.3 Å². The molecule has 0 atom stereocenters. The highest BCUT2D eigenvalue weighted by Crippen LogP contribution is 2.28. The second-order valence-corrected chi connectivity index (χ2v) is 5.92. The maximum atomic E-state index is 3.34. The zero-order chi connectivity index (χ0) is 13.5. The zero-order valence-electron chi connectivity index (χ0n) is 12.0. The topological polar surface area (TPSA) is 19.0 Å². The predicted molar refractivity (Wildman–Crippen MR) is 86.0 cm³/mol. The third-order valence-electron chi connectivity index (χ3n) is 3.57. The average molecular weight is 276 g/mol. The van der Waals surface area contributed by atoms with Crippen LogP contribution in [0.5, 0.6) is 0 Å². The summed E-state index contributed by atoms with van der Waals surface area (Å²) in [4.78, 5) is 7.22. The minimum atomic E-state index is 1.17. The van der Waals surface area contributed by atoms with Crippen molar-refractivity contribution >= 4 is 22.7 Å². The Bertz CT molecular complexity index is 488. The van der Waals surface area contributed by atoms with Crippen LogP contribution in [0, 0.1) is 0 Å². The van der Waals surface area contributed by atoms with Crippen molar-refractivity contribution in [3.8, 4) is 0 Å². The SMILES string of the molecule is CCN(CC)CCCCSc1c[nH]c2ccccc12. The molecule has 0 radical (unpaired) electrons. The molecule has 3 heteroatoms. The fourth-order valence-corrected chi connectivity index (χ4v) is 3.37. The second kappa shape index (κ2) is 7.61. The highest BCUT2D eigenvalue weighted by molar-refractivity contribution is 7.99. The van der Waals surface area contributed by atoms with Gasteiger partial charge in [0.1, 0.15) is 0 Å². The Kier molecular flexibility index (Phi) is 5.80.